The third-order valence-corrected chi connectivity index (χ3v) is 5.27. The fourth-order valence-electron chi connectivity index (χ4n) is 2.10. The van der Waals surface area contributed by atoms with Gasteiger partial charge in [-0.25, -0.2) is 5.43 Å². The summed E-state index contributed by atoms with van der Waals surface area (Å²) in [5.41, 5.74) is 4.37. The van der Waals surface area contributed by atoms with Crippen LogP contribution >= 0.6 is 27.3 Å². The van der Waals surface area contributed by atoms with Gasteiger partial charge in [0, 0.05) is 10.5 Å². The third-order valence-electron chi connectivity index (χ3n) is 3.45. The standard InChI is InChI=1S/C17H18BrN3O4S/c1-10(2)13-7-14(18)11(3)6-15(13)25-9-16(22)20-19-8-12-4-5-17(26-12)21(23)24/h4-8,10H,9H2,1-3H3,(H,20,22). The Morgan fingerprint density at radius 2 is 2.19 bits per heavy atom. The van der Waals surface area contributed by atoms with Gasteiger partial charge in [-0.2, -0.15) is 5.10 Å². The minimum Gasteiger partial charge on any atom is -0.483 e. The van der Waals surface area contributed by atoms with Gasteiger partial charge in [0.05, 0.1) is 16.0 Å². The molecule has 0 saturated heterocycles. The SMILES string of the molecule is Cc1cc(OCC(=O)NN=Cc2ccc([N+](=O)[O-])s2)c(C(C)C)cc1Br. The van der Waals surface area contributed by atoms with E-state index in [4.69, 9.17) is 4.74 Å². The van der Waals surface area contributed by atoms with Crippen molar-refractivity contribution in [3.05, 3.63) is 54.9 Å². The van der Waals surface area contributed by atoms with Crippen molar-refractivity contribution in [1.82, 2.24) is 5.43 Å². The van der Waals surface area contributed by atoms with Crippen molar-refractivity contribution in [2.45, 2.75) is 26.7 Å². The number of carbonyl (C=O) groups excluding carboxylic acids is 1. The van der Waals surface area contributed by atoms with Crippen molar-refractivity contribution < 1.29 is 14.5 Å². The minimum atomic E-state index is -0.471. The van der Waals surface area contributed by atoms with Crippen LogP contribution in [0.4, 0.5) is 5.00 Å². The number of carbonyl (C=O) groups is 1. The number of hydrogen-bond donors (Lipinski definition) is 1. The molecule has 1 aromatic carbocycles. The molecule has 1 amide bonds. The molecule has 0 atom stereocenters. The molecular weight excluding hydrogens is 422 g/mol. The highest BCUT2D eigenvalue weighted by molar-refractivity contribution is 9.10. The smallest absolute Gasteiger partial charge is 0.324 e. The molecule has 0 radical (unpaired) electrons. The molecule has 0 fully saturated rings. The molecule has 1 N–H and O–H groups in total. The number of nitrogens with one attached hydrogen (secondary N) is 1. The molecule has 0 spiro atoms. The van der Waals surface area contributed by atoms with E-state index in [1.807, 2.05) is 19.1 Å². The van der Waals surface area contributed by atoms with E-state index < -0.39 is 10.8 Å². The Morgan fingerprint density at radius 3 is 2.81 bits per heavy atom. The van der Waals surface area contributed by atoms with E-state index >= 15 is 0 Å². The van der Waals surface area contributed by atoms with Crippen LogP contribution in [0, 0.1) is 17.0 Å². The van der Waals surface area contributed by atoms with Crippen LogP contribution in [-0.2, 0) is 4.79 Å². The summed E-state index contributed by atoms with van der Waals surface area (Å²) in [6, 6.07) is 6.84. The number of hydrazone groups is 1. The molecule has 1 aromatic heterocycles. The first-order valence-electron chi connectivity index (χ1n) is 7.77. The summed E-state index contributed by atoms with van der Waals surface area (Å²) in [5.74, 6) is 0.494. The van der Waals surface area contributed by atoms with Gasteiger partial charge in [0.2, 0.25) is 0 Å². The highest BCUT2D eigenvalue weighted by Gasteiger charge is 2.12. The summed E-state index contributed by atoms with van der Waals surface area (Å²) in [5, 5.41) is 14.4. The maximum atomic E-state index is 11.9. The Morgan fingerprint density at radius 1 is 1.46 bits per heavy atom. The van der Waals surface area contributed by atoms with Gasteiger partial charge < -0.3 is 4.74 Å². The molecule has 138 valence electrons. The van der Waals surface area contributed by atoms with Crippen molar-refractivity contribution in [1.29, 1.82) is 0 Å². The second-order valence-electron chi connectivity index (χ2n) is 5.81. The van der Waals surface area contributed by atoms with Crippen molar-refractivity contribution >= 4 is 44.4 Å². The predicted octanol–water partition coefficient (Wildman–Crippen LogP) is 4.38. The van der Waals surface area contributed by atoms with E-state index in [0.717, 1.165) is 26.9 Å². The van der Waals surface area contributed by atoms with E-state index in [9.17, 15) is 14.9 Å². The first-order chi connectivity index (χ1) is 12.3. The number of halogens is 1. The van der Waals surface area contributed by atoms with Crippen LogP contribution in [0.1, 0.15) is 35.8 Å². The van der Waals surface area contributed by atoms with E-state index in [0.29, 0.717) is 10.6 Å². The molecule has 0 saturated carbocycles. The number of aryl methyl sites for hydroxylation is 1. The van der Waals surface area contributed by atoms with Gasteiger partial charge in [-0.05, 0) is 42.2 Å². The fourth-order valence-corrected chi connectivity index (χ4v) is 3.15. The number of rotatable bonds is 7. The number of nitro groups is 1. The Kier molecular flexibility index (Phi) is 6.87. The van der Waals surface area contributed by atoms with Gasteiger partial charge in [-0.1, -0.05) is 41.1 Å². The number of ether oxygens (including phenoxy) is 1. The number of thiophene rings is 1. The molecular formula is C17H18BrN3O4S. The highest BCUT2D eigenvalue weighted by Crippen LogP contribution is 2.32. The van der Waals surface area contributed by atoms with E-state index in [2.05, 4.69) is 40.3 Å². The molecule has 1 heterocycles. The summed E-state index contributed by atoms with van der Waals surface area (Å²) < 4.78 is 6.63. The second kappa shape index (κ2) is 8.91. The van der Waals surface area contributed by atoms with Gasteiger partial charge in [0.15, 0.2) is 6.61 Å². The van der Waals surface area contributed by atoms with Crippen LogP contribution in [0.25, 0.3) is 0 Å². The van der Waals surface area contributed by atoms with Crippen molar-refractivity contribution in [3.8, 4) is 5.75 Å². The quantitative estimate of drug-likeness (QED) is 0.393. The Labute approximate surface area is 163 Å². The summed E-state index contributed by atoms with van der Waals surface area (Å²) in [6.07, 6.45) is 1.36. The van der Waals surface area contributed by atoms with Crippen molar-refractivity contribution in [2.24, 2.45) is 5.10 Å². The third kappa shape index (κ3) is 5.37. The maximum absolute atomic E-state index is 11.9. The molecule has 0 aliphatic heterocycles. The monoisotopic (exact) mass is 439 g/mol. The number of benzene rings is 1. The van der Waals surface area contributed by atoms with Gasteiger partial charge in [0.25, 0.3) is 5.91 Å². The van der Waals surface area contributed by atoms with Crippen LogP contribution in [-0.4, -0.2) is 23.7 Å². The lowest BCUT2D eigenvalue weighted by atomic mass is 10.0. The van der Waals surface area contributed by atoms with Gasteiger partial charge >= 0.3 is 5.00 Å². The van der Waals surface area contributed by atoms with Crippen LogP contribution in [0.5, 0.6) is 5.75 Å². The lowest BCUT2D eigenvalue weighted by Gasteiger charge is -2.15. The Bertz CT molecular complexity index is 849. The van der Waals surface area contributed by atoms with Crippen LogP contribution < -0.4 is 10.2 Å². The van der Waals surface area contributed by atoms with Crippen LogP contribution in [0.2, 0.25) is 0 Å². The van der Waals surface area contributed by atoms with Crippen LogP contribution in [0.3, 0.4) is 0 Å². The fraction of sp³-hybridized carbons (Fsp3) is 0.294. The van der Waals surface area contributed by atoms with E-state index in [-0.39, 0.29) is 17.5 Å². The summed E-state index contributed by atoms with van der Waals surface area (Å²) in [6.45, 7) is 5.87. The zero-order chi connectivity index (χ0) is 19.3. The molecule has 26 heavy (non-hydrogen) atoms. The first kappa shape index (κ1) is 20.1. The molecule has 0 aliphatic carbocycles. The molecule has 0 unspecified atom stereocenters. The summed E-state index contributed by atoms with van der Waals surface area (Å²) in [7, 11) is 0. The number of amides is 1. The molecule has 0 bridgehead atoms. The average Bonchev–Trinajstić information content (AvgIpc) is 3.04. The highest BCUT2D eigenvalue weighted by atomic mass is 79.9. The molecule has 0 aliphatic rings. The molecule has 9 heteroatoms. The van der Waals surface area contributed by atoms with Gasteiger partial charge in [0.1, 0.15) is 5.75 Å². The molecule has 2 rings (SSSR count). The molecule has 2 aromatic rings. The topological polar surface area (TPSA) is 93.8 Å². The summed E-state index contributed by atoms with van der Waals surface area (Å²) >= 11 is 4.48. The van der Waals surface area contributed by atoms with E-state index in [1.165, 1.54) is 12.3 Å². The Balaban J connectivity index is 1.93. The van der Waals surface area contributed by atoms with Crippen molar-refractivity contribution in [3.63, 3.8) is 0 Å². The van der Waals surface area contributed by atoms with Gasteiger partial charge in [-0.15, -0.1) is 0 Å². The second-order valence-corrected chi connectivity index (χ2v) is 7.76. The minimum absolute atomic E-state index is 0.0212. The Hall–Kier alpha value is -2.26. The lowest BCUT2D eigenvalue weighted by molar-refractivity contribution is -0.380. The van der Waals surface area contributed by atoms with E-state index in [1.54, 1.807) is 6.07 Å². The normalized spacial score (nSPS) is 11.1. The molecule has 7 nitrogen and oxygen atoms in total. The average molecular weight is 440 g/mol. The van der Waals surface area contributed by atoms with Gasteiger partial charge in [-0.3, -0.25) is 14.9 Å². The van der Waals surface area contributed by atoms with Crippen LogP contribution in [0.15, 0.2) is 33.8 Å². The predicted molar refractivity (Wildman–Crippen MR) is 105 cm³/mol. The number of nitrogens with zero attached hydrogens (tertiary/aromatic N) is 2. The summed E-state index contributed by atoms with van der Waals surface area (Å²) in [4.78, 5) is 22.6. The van der Waals surface area contributed by atoms with Crippen molar-refractivity contribution in [2.75, 3.05) is 6.61 Å². The maximum Gasteiger partial charge on any atom is 0.324 e. The zero-order valence-electron chi connectivity index (χ0n) is 14.5. The lowest BCUT2D eigenvalue weighted by Crippen LogP contribution is -2.24. The zero-order valence-corrected chi connectivity index (χ0v) is 16.9. The largest absolute Gasteiger partial charge is 0.483 e. The first-order valence-corrected chi connectivity index (χ1v) is 9.38. The number of hydrogen-bond acceptors (Lipinski definition) is 6.